The molecule has 1 aromatic heterocycles. The summed E-state index contributed by atoms with van der Waals surface area (Å²) in [6.45, 7) is 4.70. The number of ether oxygens (including phenoxy) is 1. The van der Waals surface area contributed by atoms with Crippen molar-refractivity contribution in [3.8, 4) is 11.6 Å². The minimum atomic E-state index is 0.350. The second kappa shape index (κ2) is 7.32. The van der Waals surface area contributed by atoms with Gasteiger partial charge in [0.2, 0.25) is 5.88 Å². The van der Waals surface area contributed by atoms with E-state index in [1.165, 1.54) is 0 Å². The van der Waals surface area contributed by atoms with Gasteiger partial charge in [-0.25, -0.2) is 4.98 Å². The zero-order valence-electron chi connectivity index (χ0n) is 11.7. The molecule has 0 bridgehead atoms. The van der Waals surface area contributed by atoms with Crippen LogP contribution in [0.3, 0.4) is 0 Å². The second-order valence-corrected chi connectivity index (χ2v) is 6.01. The summed E-state index contributed by atoms with van der Waals surface area (Å²) in [5, 5.41) is 4.79. The molecule has 0 spiro atoms. The van der Waals surface area contributed by atoms with Crippen molar-refractivity contribution in [1.82, 2.24) is 10.3 Å². The second-order valence-electron chi connectivity index (χ2n) is 4.79. The molecule has 112 valence electrons. The molecule has 3 nitrogen and oxygen atoms in total. The molecule has 1 aromatic carbocycles. The average Bonchev–Trinajstić information content (AvgIpc) is 2.43. The minimum absolute atomic E-state index is 0.350. The van der Waals surface area contributed by atoms with Crippen LogP contribution < -0.4 is 10.1 Å². The smallest absolute Gasteiger partial charge is 0.219 e. The van der Waals surface area contributed by atoms with E-state index in [9.17, 15) is 0 Å². The summed E-state index contributed by atoms with van der Waals surface area (Å²) in [7, 11) is 0. The number of halogens is 3. The number of aromatic nitrogens is 1. The summed E-state index contributed by atoms with van der Waals surface area (Å²) < 4.78 is 5.68. The van der Waals surface area contributed by atoms with Crippen LogP contribution in [-0.4, -0.2) is 11.0 Å². The first-order valence-corrected chi connectivity index (χ1v) is 7.61. The van der Waals surface area contributed by atoms with E-state index in [0.717, 1.165) is 5.69 Å². The number of nitrogens with one attached hydrogen (secondary N) is 1. The Morgan fingerprint density at radius 2 is 1.76 bits per heavy atom. The third kappa shape index (κ3) is 4.75. The van der Waals surface area contributed by atoms with E-state index >= 15 is 0 Å². The fourth-order valence-electron chi connectivity index (χ4n) is 1.61. The van der Waals surface area contributed by atoms with Crippen molar-refractivity contribution in [1.29, 1.82) is 0 Å². The predicted octanol–water partition coefficient (Wildman–Crippen LogP) is 5.33. The molecule has 0 fully saturated rings. The Labute approximate surface area is 139 Å². The van der Waals surface area contributed by atoms with E-state index in [4.69, 9.17) is 39.5 Å². The Morgan fingerprint density at radius 3 is 2.43 bits per heavy atom. The topological polar surface area (TPSA) is 34.2 Å². The molecule has 2 rings (SSSR count). The Hall–Kier alpha value is -1.000. The van der Waals surface area contributed by atoms with Gasteiger partial charge in [-0.3, -0.25) is 0 Å². The molecule has 6 heteroatoms. The van der Waals surface area contributed by atoms with Crippen LogP contribution >= 0.6 is 34.8 Å². The SMILES string of the molecule is CC(C)NCc1nc(Oc2ccc(Cl)c(Cl)c2)ccc1Cl. The van der Waals surface area contributed by atoms with Crippen molar-refractivity contribution in [2.24, 2.45) is 0 Å². The number of pyridine rings is 1. The molecule has 0 atom stereocenters. The van der Waals surface area contributed by atoms with Gasteiger partial charge in [-0.1, -0.05) is 48.7 Å². The molecule has 2 aromatic rings. The van der Waals surface area contributed by atoms with Gasteiger partial charge < -0.3 is 10.1 Å². The first-order valence-electron chi connectivity index (χ1n) is 6.47. The molecule has 1 heterocycles. The van der Waals surface area contributed by atoms with E-state index < -0.39 is 0 Å². The monoisotopic (exact) mass is 344 g/mol. The van der Waals surface area contributed by atoms with Gasteiger partial charge in [0, 0.05) is 24.7 Å². The summed E-state index contributed by atoms with van der Waals surface area (Å²) in [4.78, 5) is 4.40. The fourth-order valence-corrected chi connectivity index (χ4v) is 2.07. The summed E-state index contributed by atoms with van der Waals surface area (Å²) in [6, 6.07) is 8.88. The van der Waals surface area contributed by atoms with Crippen LogP contribution in [0.2, 0.25) is 15.1 Å². The van der Waals surface area contributed by atoms with Gasteiger partial charge in [-0.2, -0.15) is 0 Å². The maximum Gasteiger partial charge on any atom is 0.219 e. The molecule has 0 aliphatic rings. The largest absolute Gasteiger partial charge is 0.439 e. The Kier molecular flexibility index (Phi) is 5.71. The van der Waals surface area contributed by atoms with Crippen molar-refractivity contribution >= 4 is 34.8 Å². The van der Waals surface area contributed by atoms with E-state index in [-0.39, 0.29) is 0 Å². The highest BCUT2D eigenvalue weighted by molar-refractivity contribution is 6.42. The molecular weight excluding hydrogens is 331 g/mol. The number of hydrogen-bond donors (Lipinski definition) is 1. The lowest BCUT2D eigenvalue weighted by molar-refractivity contribution is 0.458. The standard InChI is InChI=1S/C15H15Cl3N2O/c1-9(2)19-8-14-12(17)5-6-15(20-14)21-10-3-4-11(16)13(18)7-10/h3-7,9,19H,8H2,1-2H3. The van der Waals surface area contributed by atoms with Gasteiger partial charge in [-0.15, -0.1) is 0 Å². The highest BCUT2D eigenvalue weighted by Crippen LogP contribution is 2.29. The summed E-state index contributed by atoms with van der Waals surface area (Å²) in [5.41, 5.74) is 0.739. The lowest BCUT2D eigenvalue weighted by Gasteiger charge is -2.11. The molecule has 0 aliphatic heterocycles. The molecule has 0 radical (unpaired) electrons. The van der Waals surface area contributed by atoms with Gasteiger partial charge >= 0.3 is 0 Å². The van der Waals surface area contributed by atoms with Crippen LogP contribution in [0.15, 0.2) is 30.3 Å². The first kappa shape index (κ1) is 16.4. The lowest BCUT2D eigenvalue weighted by atomic mass is 10.3. The van der Waals surface area contributed by atoms with Crippen LogP contribution in [0.5, 0.6) is 11.6 Å². The van der Waals surface area contributed by atoms with E-state index in [1.807, 2.05) is 0 Å². The molecule has 0 saturated carbocycles. The normalized spacial score (nSPS) is 11.0. The fraction of sp³-hybridized carbons (Fsp3) is 0.267. The van der Waals surface area contributed by atoms with Gasteiger partial charge in [0.1, 0.15) is 5.75 Å². The van der Waals surface area contributed by atoms with Gasteiger partial charge in [0.25, 0.3) is 0 Å². The minimum Gasteiger partial charge on any atom is -0.439 e. The molecule has 0 saturated heterocycles. The zero-order chi connectivity index (χ0) is 15.4. The quantitative estimate of drug-likeness (QED) is 0.795. The highest BCUT2D eigenvalue weighted by atomic mass is 35.5. The number of hydrogen-bond acceptors (Lipinski definition) is 3. The zero-order valence-corrected chi connectivity index (χ0v) is 13.9. The van der Waals surface area contributed by atoms with Crippen molar-refractivity contribution < 1.29 is 4.74 Å². The number of nitrogens with zero attached hydrogens (tertiary/aromatic N) is 1. The molecule has 0 aliphatic carbocycles. The number of benzene rings is 1. The predicted molar refractivity (Wildman–Crippen MR) is 87.8 cm³/mol. The van der Waals surface area contributed by atoms with E-state index in [2.05, 4.69) is 24.1 Å². The Balaban J connectivity index is 2.16. The van der Waals surface area contributed by atoms with Crippen LogP contribution in [0.1, 0.15) is 19.5 Å². The average molecular weight is 346 g/mol. The molecule has 21 heavy (non-hydrogen) atoms. The highest BCUT2D eigenvalue weighted by Gasteiger charge is 2.07. The van der Waals surface area contributed by atoms with Crippen LogP contribution in [0.25, 0.3) is 0 Å². The Bertz CT molecular complexity index is 632. The maximum absolute atomic E-state index is 6.13. The van der Waals surface area contributed by atoms with Crippen LogP contribution in [-0.2, 0) is 6.54 Å². The van der Waals surface area contributed by atoms with Crippen molar-refractivity contribution in [3.63, 3.8) is 0 Å². The van der Waals surface area contributed by atoms with E-state index in [1.54, 1.807) is 30.3 Å². The molecule has 0 amide bonds. The third-order valence-electron chi connectivity index (χ3n) is 2.68. The van der Waals surface area contributed by atoms with Crippen LogP contribution in [0.4, 0.5) is 0 Å². The molecular formula is C15H15Cl3N2O. The van der Waals surface area contributed by atoms with Crippen molar-refractivity contribution in [2.45, 2.75) is 26.4 Å². The summed E-state index contributed by atoms with van der Waals surface area (Å²) in [6.07, 6.45) is 0. The Morgan fingerprint density at radius 1 is 1.05 bits per heavy atom. The maximum atomic E-state index is 6.13. The lowest BCUT2D eigenvalue weighted by Crippen LogP contribution is -2.22. The summed E-state index contributed by atoms with van der Waals surface area (Å²) in [5.74, 6) is 1.03. The number of rotatable bonds is 5. The van der Waals surface area contributed by atoms with Crippen LogP contribution in [0, 0.1) is 0 Å². The third-order valence-corrected chi connectivity index (χ3v) is 3.77. The molecule has 0 unspecified atom stereocenters. The van der Waals surface area contributed by atoms with Gasteiger partial charge in [-0.05, 0) is 18.2 Å². The van der Waals surface area contributed by atoms with Crippen molar-refractivity contribution in [2.75, 3.05) is 0 Å². The van der Waals surface area contributed by atoms with Gasteiger partial charge in [0.15, 0.2) is 0 Å². The van der Waals surface area contributed by atoms with E-state index in [0.29, 0.717) is 39.3 Å². The van der Waals surface area contributed by atoms with Crippen molar-refractivity contribution in [3.05, 3.63) is 51.1 Å². The summed E-state index contributed by atoms with van der Waals surface area (Å²) >= 11 is 18.0. The molecule has 1 N–H and O–H groups in total. The van der Waals surface area contributed by atoms with Gasteiger partial charge in [0.05, 0.1) is 20.8 Å². The first-order chi connectivity index (χ1) is 9.95.